The molecule has 8 nitrogen and oxygen atoms in total. The van der Waals surface area contributed by atoms with Crippen LogP contribution < -0.4 is 10.6 Å². The zero-order valence-electron chi connectivity index (χ0n) is 17.9. The quantitative estimate of drug-likeness (QED) is 0.283. The number of aliphatic imine (C=N–C) groups is 1. The van der Waals surface area contributed by atoms with Crippen molar-refractivity contribution in [1.29, 1.82) is 5.26 Å². The molecular formula is C22H28Cl2N6O2. The van der Waals surface area contributed by atoms with Crippen LogP contribution in [-0.2, 0) is 16.0 Å². The van der Waals surface area contributed by atoms with Crippen LogP contribution in [0.4, 0.5) is 0 Å². The number of nitrogens with one attached hydrogen (secondary N) is 2. The number of halogens is 2. The Kier molecular flexibility index (Phi) is 9.00. The van der Waals surface area contributed by atoms with Crippen LogP contribution >= 0.6 is 23.2 Å². The Morgan fingerprint density at radius 3 is 2.62 bits per heavy atom. The van der Waals surface area contributed by atoms with Crippen molar-refractivity contribution in [3.05, 3.63) is 33.8 Å². The molecule has 0 aliphatic carbocycles. The number of rotatable bonds is 6. The second kappa shape index (κ2) is 11.9. The molecule has 1 aromatic carbocycles. The minimum atomic E-state index is -0.534. The maximum Gasteiger partial charge on any atom is 0.245 e. The van der Waals surface area contributed by atoms with Gasteiger partial charge < -0.3 is 15.1 Å². The summed E-state index contributed by atoms with van der Waals surface area (Å²) in [5.74, 6) is 0.118. The SMILES string of the molecule is N#CNC(=NCCc1ccc(Cl)c(Cl)c1)NC1CCCCN(CC(=O)N2CCCC2)C1=O. The first-order valence-corrected chi connectivity index (χ1v) is 11.7. The first-order chi connectivity index (χ1) is 15.5. The van der Waals surface area contributed by atoms with Gasteiger partial charge in [0, 0.05) is 26.2 Å². The van der Waals surface area contributed by atoms with E-state index >= 15 is 0 Å². The molecule has 1 atom stereocenters. The number of amides is 2. The van der Waals surface area contributed by atoms with E-state index in [9.17, 15) is 9.59 Å². The van der Waals surface area contributed by atoms with Crippen molar-refractivity contribution in [2.45, 2.75) is 44.6 Å². The molecule has 2 heterocycles. The molecule has 0 spiro atoms. The van der Waals surface area contributed by atoms with Gasteiger partial charge in [-0.3, -0.25) is 19.9 Å². The number of likely N-dealkylation sites (tertiary alicyclic amines) is 2. The molecule has 0 radical (unpaired) electrons. The summed E-state index contributed by atoms with van der Waals surface area (Å²) in [6, 6.07) is 4.86. The van der Waals surface area contributed by atoms with E-state index < -0.39 is 6.04 Å². The maximum atomic E-state index is 13.1. The molecule has 32 heavy (non-hydrogen) atoms. The molecule has 172 valence electrons. The van der Waals surface area contributed by atoms with Crippen LogP contribution in [0.2, 0.25) is 10.0 Å². The van der Waals surface area contributed by atoms with Gasteiger partial charge in [-0.2, -0.15) is 5.26 Å². The van der Waals surface area contributed by atoms with E-state index in [1.54, 1.807) is 17.0 Å². The van der Waals surface area contributed by atoms with E-state index in [0.29, 0.717) is 36.0 Å². The Morgan fingerprint density at radius 2 is 1.91 bits per heavy atom. The Hall–Kier alpha value is -2.50. The molecular weight excluding hydrogens is 451 g/mol. The molecule has 1 unspecified atom stereocenters. The minimum absolute atomic E-state index is 0.00201. The molecule has 2 aliphatic heterocycles. The summed E-state index contributed by atoms with van der Waals surface area (Å²) in [4.78, 5) is 33.5. The van der Waals surface area contributed by atoms with Gasteiger partial charge in [-0.1, -0.05) is 29.3 Å². The summed E-state index contributed by atoms with van der Waals surface area (Å²) >= 11 is 12.0. The number of hydrogen-bond acceptors (Lipinski definition) is 4. The van der Waals surface area contributed by atoms with Gasteiger partial charge in [-0.15, -0.1) is 0 Å². The molecule has 3 rings (SSSR count). The molecule has 2 amide bonds. The first kappa shape index (κ1) is 24.1. The normalized spacial score (nSPS) is 19.5. The second-order valence-corrected chi connectivity index (χ2v) is 8.82. The van der Waals surface area contributed by atoms with Crippen LogP contribution in [0.5, 0.6) is 0 Å². The van der Waals surface area contributed by atoms with Gasteiger partial charge in [0.1, 0.15) is 6.04 Å². The molecule has 2 aliphatic rings. The van der Waals surface area contributed by atoms with Gasteiger partial charge in [0.05, 0.1) is 16.6 Å². The zero-order valence-corrected chi connectivity index (χ0v) is 19.5. The monoisotopic (exact) mass is 478 g/mol. The standard InChI is InChI=1S/C22H28Cl2N6O2/c23-17-7-6-16(13-18(17)24)8-9-26-22(27-15-25)28-19-5-1-2-12-30(21(19)32)14-20(31)29-10-3-4-11-29/h6-7,13,19H,1-5,8-12,14H2,(H2,26,27,28). The van der Waals surface area contributed by atoms with Crippen molar-refractivity contribution < 1.29 is 9.59 Å². The van der Waals surface area contributed by atoms with E-state index in [-0.39, 0.29) is 24.3 Å². The van der Waals surface area contributed by atoms with Crippen molar-refractivity contribution in [1.82, 2.24) is 20.4 Å². The second-order valence-electron chi connectivity index (χ2n) is 8.01. The van der Waals surface area contributed by atoms with Gasteiger partial charge in [-0.25, -0.2) is 0 Å². The van der Waals surface area contributed by atoms with Crippen LogP contribution in [0, 0.1) is 11.5 Å². The lowest BCUT2D eigenvalue weighted by molar-refractivity contribution is -0.140. The lowest BCUT2D eigenvalue weighted by Crippen LogP contribution is -2.52. The molecule has 10 heteroatoms. The fraction of sp³-hybridized carbons (Fsp3) is 0.545. The summed E-state index contributed by atoms with van der Waals surface area (Å²) in [5.41, 5.74) is 0.969. The van der Waals surface area contributed by atoms with Crippen molar-refractivity contribution in [3.8, 4) is 6.19 Å². The fourth-order valence-electron chi connectivity index (χ4n) is 3.96. The lowest BCUT2D eigenvalue weighted by Gasteiger charge is -2.27. The van der Waals surface area contributed by atoms with Crippen LogP contribution in [-0.4, -0.2) is 66.3 Å². The fourth-order valence-corrected chi connectivity index (χ4v) is 4.28. The van der Waals surface area contributed by atoms with E-state index in [4.69, 9.17) is 28.5 Å². The predicted octanol–water partition coefficient (Wildman–Crippen LogP) is 2.56. The van der Waals surface area contributed by atoms with Crippen LogP contribution in [0.1, 0.15) is 37.7 Å². The summed E-state index contributed by atoms with van der Waals surface area (Å²) in [5, 5.41) is 15.7. The first-order valence-electron chi connectivity index (χ1n) is 10.9. The summed E-state index contributed by atoms with van der Waals surface area (Å²) < 4.78 is 0. The largest absolute Gasteiger partial charge is 0.344 e. The van der Waals surface area contributed by atoms with E-state index in [1.165, 1.54) is 0 Å². The number of hydrogen-bond donors (Lipinski definition) is 2. The highest BCUT2D eigenvalue weighted by molar-refractivity contribution is 6.42. The molecule has 1 aromatic rings. The number of benzene rings is 1. The van der Waals surface area contributed by atoms with Gasteiger partial charge in [0.15, 0.2) is 6.19 Å². The number of nitrogens with zero attached hydrogens (tertiary/aromatic N) is 4. The highest BCUT2D eigenvalue weighted by atomic mass is 35.5. The summed E-state index contributed by atoms with van der Waals surface area (Å²) in [6.45, 7) is 2.60. The van der Waals surface area contributed by atoms with Gasteiger partial charge in [-0.05, 0) is 56.2 Å². The Bertz CT molecular complexity index is 895. The maximum absolute atomic E-state index is 13.1. The van der Waals surface area contributed by atoms with Crippen molar-refractivity contribution in [2.24, 2.45) is 4.99 Å². The van der Waals surface area contributed by atoms with E-state index in [1.807, 2.05) is 17.2 Å². The summed E-state index contributed by atoms with van der Waals surface area (Å²) in [7, 11) is 0. The highest BCUT2D eigenvalue weighted by Gasteiger charge is 2.30. The third-order valence-electron chi connectivity index (χ3n) is 5.71. The van der Waals surface area contributed by atoms with Crippen molar-refractivity contribution >= 4 is 41.0 Å². The molecule has 2 N–H and O–H groups in total. The average Bonchev–Trinajstić information content (AvgIpc) is 3.26. The van der Waals surface area contributed by atoms with Crippen molar-refractivity contribution in [3.63, 3.8) is 0 Å². The summed E-state index contributed by atoms with van der Waals surface area (Å²) in [6.07, 6.45) is 6.81. The molecule has 2 fully saturated rings. The number of carbonyl (C=O) groups is 2. The zero-order chi connectivity index (χ0) is 22.9. The lowest BCUT2D eigenvalue weighted by atomic mass is 10.1. The smallest absolute Gasteiger partial charge is 0.245 e. The third kappa shape index (κ3) is 6.75. The van der Waals surface area contributed by atoms with Crippen LogP contribution in [0.3, 0.4) is 0 Å². The molecule has 0 aromatic heterocycles. The van der Waals surface area contributed by atoms with E-state index in [0.717, 1.165) is 44.3 Å². The average molecular weight is 479 g/mol. The van der Waals surface area contributed by atoms with Gasteiger partial charge >= 0.3 is 0 Å². The third-order valence-corrected chi connectivity index (χ3v) is 6.44. The molecule has 0 saturated carbocycles. The van der Waals surface area contributed by atoms with Gasteiger partial charge in [0.2, 0.25) is 17.8 Å². The van der Waals surface area contributed by atoms with Crippen LogP contribution in [0.25, 0.3) is 0 Å². The number of nitriles is 1. The minimum Gasteiger partial charge on any atom is -0.344 e. The number of carbonyl (C=O) groups excluding carboxylic acids is 2. The van der Waals surface area contributed by atoms with E-state index in [2.05, 4.69) is 15.6 Å². The predicted molar refractivity (Wildman–Crippen MR) is 124 cm³/mol. The Balaban J connectivity index is 1.60. The highest BCUT2D eigenvalue weighted by Crippen LogP contribution is 2.22. The number of guanidine groups is 1. The van der Waals surface area contributed by atoms with Crippen LogP contribution in [0.15, 0.2) is 23.2 Å². The molecule has 0 bridgehead atoms. The molecule has 2 saturated heterocycles. The Morgan fingerprint density at radius 1 is 1.16 bits per heavy atom. The van der Waals surface area contributed by atoms with Gasteiger partial charge in [0.25, 0.3) is 0 Å². The topological polar surface area (TPSA) is 101 Å². The van der Waals surface area contributed by atoms with Crippen molar-refractivity contribution in [2.75, 3.05) is 32.7 Å². The Labute approximate surface area is 198 Å².